The second-order valence-corrected chi connectivity index (χ2v) is 6.97. The van der Waals surface area contributed by atoms with Crippen molar-refractivity contribution in [2.24, 2.45) is 0 Å². The summed E-state index contributed by atoms with van der Waals surface area (Å²) in [5.74, 6) is -1.72. The summed E-state index contributed by atoms with van der Waals surface area (Å²) >= 11 is 0. The molecule has 2 atom stereocenters. The zero-order valence-corrected chi connectivity index (χ0v) is 17.1. The van der Waals surface area contributed by atoms with Gasteiger partial charge in [-0.2, -0.15) is 0 Å². The van der Waals surface area contributed by atoms with Gasteiger partial charge in [0.1, 0.15) is 17.7 Å². The maximum absolute atomic E-state index is 13.1. The van der Waals surface area contributed by atoms with E-state index in [0.717, 1.165) is 31.8 Å². The number of likely N-dealkylation sites (tertiary alicyclic amines) is 1. The lowest BCUT2D eigenvalue weighted by molar-refractivity contribution is -0.134. The van der Waals surface area contributed by atoms with E-state index in [4.69, 9.17) is 14.9 Å². The third-order valence-corrected chi connectivity index (χ3v) is 4.72. The molecule has 2 N–H and O–H groups in total. The van der Waals surface area contributed by atoms with Crippen LogP contribution in [0.25, 0.3) is 0 Å². The summed E-state index contributed by atoms with van der Waals surface area (Å²) in [6.07, 6.45) is 4.11. The maximum atomic E-state index is 13.1. The van der Waals surface area contributed by atoms with Crippen LogP contribution in [-0.2, 0) is 9.59 Å². The Morgan fingerprint density at radius 1 is 1.06 bits per heavy atom. The number of carbonyl (C=O) groups is 2. The first-order valence-corrected chi connectivity index (χ1v) is 9.83. The SMILES string of the molecule is C=CCN1CC[C@H](Oc2ccc(F)cc2)[C@@H](c2ccccc2)C1.O=C(O)/C=C/C(=O)O. The van der Waals surface area contributed by atoms with Gasteiger partial charge in [0.25, 0.3) is 0 Å². The van der Waals surface area contributed by atoms with Gasteiger partial charge in [0, 0.05) is 37.7 Å². The topological polar surface area (TPSA) is 87.1 Å². The van der Waals surface area contributed by atoms with Crippen molar-refractivity contribution in [3.05, 3.63) is 90.8 Å². The van der Waals surface area contributed by atoms with Crippen LogP contribution in [0.1, 0.15) is 17.9 Å². The zero-order valence-electron chi connectivity index (χ0n) is 17.1. The Balaban J connectivity index is 0.000000366. The van der Waals surface area contributed by atoms with Crippen molar-refractivity contribution in [2.45, 2.75) is 18.4 Å². The predicted molar refractivity (Wildman–Crippen MR) is 116 cm³/mol. The molecule has 1 heterocycles. The molecule has 0 bridgehead atoms. The molecule has 3 rings (SSSR count). The Labute approximate surface area is 180 Å². The number of piperidine rings is 1. The Morgan fingerprint density at radius 2 is 1.68 bits per heavy atom. The van der Waals surface area contributed by atoms with E-state index in [1.165, 1.54) is 17.7 Å². The minimum absolute atomic E-state index is 0.101. The number of aliphatic carboxylic acids is 2. The van der Waals surface area contributed by atoms with Crippen molar-refractivity contribution in [1.29, 1.82) is 0 Å². The van der Waals surface area contributed by atoms with E-state index in [2.05, 4.69) is 35.7 Å². The monoisotopic (exact) mass is 427 g/mol. The van der Waals surface area contributed by atoms with Gasteiger partial charge in [-0.3, -0.25) is 4.90 Å². The quantitative estimate of drug-likeness (QED) is 0.514. The fraction of sp³-hybridized carbons (Fsp3) is 0.250. The molecule has 0 spiro atoms. The summed E-state index contributed by atoms with van der Waals surface area (Å²) in [5.41, 5.74) is 1.29. The molecule has 0 amide bonds. The number of benzene rings is 2. The van der Waals surface area contributed by atoms with Gasteiger partial charge in [-0.25, -0.2) is 14.0 Å². The number of hydrogen-bond acceptors (Lipinski definition) is 4. The average Bonchev–Trinajstić information content (AvgIpc) is 2.76. The molecule has 1 fully saturated rings. The Kier molecular flexibility index (Phi) is 9.45. The second kappa shape index (κ2) is 12.3. The predicted octanol–water partition coefficient (Wildman–Crippen LogP) is 3.96. The normalized spacial score (nSPS) is 18.6. The number of hydrogen-bond donors (Lipinski definition) is 2. The van der Waals surface area contributed by atoms with Crippen molar-refractivity contribution in [1.82, 2.24) is 4.90 Å². The van der Waals surface area contributed by atoms with Crippen LogP contribution in [0.4, 0.5) is 4.39 Å². The maximum Gasteiger partial charge on any atom is 0.328 e. The lowest BCUT2D eigenvalue weighted by Crippen LogP contribution is -2.44. The van der Waals surface area contributed by atoms with E-state index in [9.17, 15) is 14.0 Å². The highest BCUT2D eigenvalue weighted by molar-refractivity contribution is 5.89. The molecule has 7 heteroatoms. The summed E-state index contributed by atoms with van der Waals surface area (Å²) in [6.45, 7) is 6.67. The van der Waals surface area contributed by atoms with Crippen LogP contribution in [0, 0.1) is 5.82 Å². The van der Waals surface area contributed by atoms with Gasteiger partial charge in [0.15, 0.2) is 0 Å². The van der Waals surface area contributed by atoms with Gasteiger partial charge in [-0.1, -0.05) is 36.4 Å². The Morgan fingerprint density at radius 3 is 2.23 bits per heavy atom. The van der Waals surface area contributed by atoms with Gasteiger partial charge >= 0.3 is 11.9 Å². The molecule has 0 aliphatic carbocycles. The lowest BCUT2D eigenvalue weighted by Gasteiger charge is -2.38. The second-order valence-electron chi connectivity index (χ2n) is 6.97. The highest BCUT2D eigenvalue weighted by Gasteiger charge is 2.31. The minimum Gasteiger partial charge on any atom is -0.490 e. The van der Waals surface area contributed by atoms with Crippen molar-refractivity contribution < 1.29 is 28.9 Å². The third kappa shape index (κ3) is 8.44. The van der Waals surface area contributed by atoms with Gasteiger partial charge < -0.3 is 14.9 Å². The molecule has 2 aromatic rings. The summed E-state index contributed by atoms with van der Waals surface area (Å²) < 4.78 is 19.3. The first-order chi connectivity index (χ1) is 14.9. The Hall–Kier alpha value is -3.45. The Bertz CT molecular complexity index is 867. The molecule has 0 radical (unpaired) electrons. The molecule has 1 saturated heterocycles. The number of nitrogens with zero attached hydrogens (tertiary/aromatic N) is 1. The highest BCUT2D eigenvalue weighted by atomic mass is 19.1. The number of carboxylic acid groups (broad SMARTS) is 2. The minimum atomic E-state index is -1.26. The van der Waals surface area contributed by atoms with Crippen LogP contribution in [0.15, 0.2) is 79.4 Å². The molecule has 0 unspecified atom stereocenters. The largest absolute Gasteiger partial charge is 0.490 e. The fourth-order valence-electron chi connectivity index (χ4n) is 3.34. The van der Waals surface area contributed by atoms with Crippen LogP contribution in [0.3, 0.4) is 0 Å². The number of ether oxygens (including phenoxy) is 1. The molecular weight excluding hydrogens is 401 g/mol. The van der Waals surface area contributed by atoms with Gasteiger partial charge in [0.05, 0.1) is 0 Å². The van der Waals surface area contributed by atoms with Gasteiger partial charge in [0.2, 0.25) is 0 Å². The van der Waals surface area contributed by atoms with Crippen molar-refractivity contribution in [2.75, 3.05) is 19.6 Å². The molecule has 1 aliphatic rings. The summed E-state index contributed by atoms with van der Waals surface area (Å²) in [4.78, 5) is 21.5. The first-order valence-electron chi connectivity index (χ1n) is 9.83. The molecule has 6 nitrogen and oxygen atoms in total. The molecular formula is C24H26FNO5. The highest BCUT2D eigenvalue weighted by Crippen LogP contribution is 2.30. The third-order valence-electron chi connectivity index (χ3n) is 4.72. The summed E-state index contributed by atoms with van der Waals surface area (Å²) in [7, 11) is 0. The molecule has 0 aromatic heterocycles. The van der Waals surface area contributed by atoms with E-state index in [1.807, 2.05) is 12.1 Å². The summed E-state index contributed by atoms with van der Waals surface area (Å²) in [5, 5.41) is 15.6. The fourth-order valence-corrected chi connectivity index (χ4v) is 3.34. The number of halogens is 1. The molecule has 164 valence electrons. The van der Waals surface area contributed by atoms with Crippen LogP contribution >= 0.6 is 0 Å². The van der Waals surface area contributed by atoms with Crippen LogP contribution < -0.4 is 4.74 Å². The molecule has 31 heavy (non-hydrogen) atoms. The smallest absolute Gasteiger partial charge is 0.328 e. The van der Waals surface area contributed by atoms with E-state index >= 15 is 0 Å². The number of rotatable bonds is 7. The van der Waals surface area contributed by atoms with Crippen molar-refractivity contribution in [3.63, 3.8) is 0 Å². The van der Waals surface area contributed by atoms with E-state index in [-0.39, 0.29) is 11.9 Å². The van der Waals surface area contributed by atoms with E-state index in [1.54, 1.807) is 12.1 Å². The molecule has 0 saturated carbocycles. The molecule has 2 aromatic carbocycles. The first kappa shape index (κ1) is 23.8. The van der Waals surface area contributed by atoms with E-state index in [0.29, 0.717) is 18.1 Å². The zero-order chi connectivity index (χ0) is 22.6. The standard InChI is InChI=1S/C20H22FNO.C4H4O4/c1-2-13-22-14-12-20(23-18-10-8-17(21)9-11-18)19(15-22)16-6-4-3-5-7-16;5-3(6)1-2-4(7)8/h2-11,19-20H,1,12-15H2;1-2H,(H,5,6)(H,7,8)/b;2-1+/t19-,20+;/m1./s1. The van der Waals surface area contributed by atoms with Gasteiger partial charge in [-0.05, 0) is 36.2 Å². The van der Waals surface area contributed by atoms with Crippen LogP contribution in [0.2, 0.25) is 0 Å². The van der Waals surface area contributed by atoms with Crippen molar-refractivity contribution >= 4 is 11.9 Å². The number of carboxylic acids is 2. The van der Waals surface area contributed by atoms with Crippen LogP contribution in [-0.4, -0.2) is 52.8 Å². The van der Waals surface area contributed by atoms with Crippen molar-refractivity contribution in [3.8, 4) is 5.75 Å². The average molecular weight is 427 g/mol. The lowest BCUT2D eigenvalue weighted by atomic mass is 9.87. The van der Waals surface area contributed by atoms with Gasteiger partial charge in [-0.15, -0.1) is 6.58 Å². The van der Waals surface area contributed by atoms with E-state index < -0.39 is 11.9 Å². The summed E-state index contributed by atoms with van der Waals surface area (Å²) in [6, 6.07) is 16.8. The van der Waals surface area contributed by atoms with Crippen LogP contribution in [0.5, 0.6) is 5.75 Å². The molecule has 1 aliphatic heterocycles.